The van der Waals surface area contributed by atoms with Crippen molar-refractivity contribution in [3.05, 3.63) is 0 Å². The summed E-state index contributed by atoms with van der Waals surface area (Å²) in [7, 11) is 0. The summed E-state index contributed by atoms with van der Waals surface area (Å²) >= 11 is 0. The van der Waals surface area contributed by atoms with Gasteiger partial charge in [-0.25, -0.2) is 0 Å². The van der Waals surface area contributed by atoms with Gasteiger partial charge in [0.15, 0.2) is 0 Å². The van der Waals surface area contributed by atoms with Gasteiger partial charge in [0, 0.05) is 0 Å². The van der Waals surface area contributed by atoms with E-state index < -0.39 is 18.2 Å². The number of hydrogen-bond acceptors (Lipinski definition) is 4. The molecule has 0 aliphatic carbocycles. The molecule has 0 saturated heterocycles. The predicted molar refractivity (Wildman–Crippen MR) is 296 cm³/mol. The lowest BCUT2D eigenvalue weighted by molar-refractivity contribution is -0.125. The quantitative estimate of drug-likeness (QED) is 0.0457. The number of rotatable bonds is 59. The van der Waals surface area contributed by atoms with E-state index in [4.69, 9.17) is 0 Å². The van der Waals surface area contributed by atoms with Gasteiger partial charge >= 0.3 is 0 Å². The third-order valence-corrected chi connectivity index (χ3v) is 15.2. The van der Waals surface area contributed by atoms with E-state index in [0.717, 1.165) is 25.7 Å². The molecule has 0 fully saturated rings. The van der Waals surface area contributed by atoms with Gasteiger partial charge in [-0.2, -0.15) is 0 Å². The highest BCUT2D eigenvalue weighted by molar-refractivity contribution is 5.76. The lowest BCUT2D eigenvalue weighted by Gasteiger charge is -2.23. The molecule has 0 radical (unpaired) electrons. The molecule has 5 heteroatoms. The molecule has 0 aromatic heterocycles. The minimum atomic E-state index is -0.746. The Morgan fingerprint density at radius 3 is 0.716 bits per heavy atom. The first-order valence-corrected chi connectivity index (χ1v) is 31.3. The molecule has 0 aromatic rings. The zero-order valence-corrected chi connectivity index (χ0v) is 46.1. The van der Waals surface area contributed by atoms with Gasteiger partial charge in [-0.05, 0) is 12.8 Å². The largest absolute Gasteiger partial charge is 0.394 e. The van der Waals surface area contributed by atoms with Crippen LogP contribution in [0.5, 0.6) is 0 Å². The number of unbranched alkanes of at least 4 members (excludes halogenated alkanes) is 50. The SMILES string of the molecule is CCCCCCCCCCCCCCCCCCCCCCCCCCCCCCCCC(O)CC(=O)NC(CO)C(O)CCCCCCCCCCCCCCCCCCCCCCCC. The van der Waals surface area contributed by atoms with Gasteiger partial charge in [0.2, 0.25) is 5.91 Å². The fourth-order valence-corrected chi connectivity index (χ4v) is 10.4. The molecule has 0 bridgehead atoms. The van der Waals surface area contributed by atoms with Gasteiger partial charge in [0.25, 0.3) is 0 Å². The van der Waals surface area contributed by atoms with Crippen LogP contribution in [0.2, 0.25) is 0 Å². The van der Waals surface area contributed by atoms with Crippen LogP contribution in [0.1, 0.15) is 367 Å². The first-order valence-electron chi connectivity index (χ1n) is 31.3. The number of carbonyl (C=O) groups is 1. The maximum absolute atomic E-state index is 12.6. The van der Waals surface area contributed by atoms with Crippen molar-refractivity contribution in [1.29, 1.82) is 0 Å². The van der Waals surface area contributed by atoms with Gasteiger partial charge in [0.1, 0.15) is 0 Å². The normalized spacial score (nSPS) is 13.1. The molecule has 0 heterocycles. The van der Waals surface area contributed by atoms with Crippen LogP contribution >= 0.6 is 0 Å². The maximum atomic E-state index is 12.6. The third kappa shape index (κ3) is 54.5. The average Bonchev–Trinajstić information content (AvgIpc) is 3.32. The summed E-state index contributed by atoms with van der Waals surface area (Å²) in [5.41, 5.74) is 0. The average molecular weight is 949 g/mol. The van der Waals surface area contributed by atoms with E-state index in [0.29, 0.717) is 12.8 Å². The molecule has 0 rings (SSSR count). The smallest absolute Gasteiger partial charge is 0.222 e. The molecule has 3 atom stereocenters. The molecule has 3 unspecified atom stereocenters. The summed E-state index contributed by atoms with van der Waals surface area (Å²) in [5, 5.41) is 33.7. The summed E-state index contributed by atoms with van der Waals surface area (Å²) in [6.07, 6.45) is 71.5. The maximum Gasteiger partial charge on any atom is 0.222 e. The monoisotopic (exact) mass is 948 g/mol. The molecule has 4 N–H and O–H groups in total. The van der Waals surface area contributed by atoms with Crippen molar-refractivity contribution in [2.45, 2.75) is 385 Å². The Labute approximate surface area is 421 Å². The molecule has 0 aliphatic heterocycles. The van der Waals surface area contributed by atoms with Crippen LogP contribution in [0, 0.1) is 0 Å². The molecule has 1 amide bonds. The van der Waals surface area contributed by atoms with Gasteiger partial charge in [-0.15, -0.1) is 0 Å². The van der Waals surface area contributed by atoms with Gasteiger partial charge in [-0.3, -0.25) is 4.79 Å². The molecule has 0 spiro atoms. The number of aliphatic hydroxyl groups is 3. The van der Waals surface area contributed by atoms with Crippen LogP contribution in [-0.4, -0.2) is 46.1 Å². The zero-order chi connectivity index (χ0) is 48.6. The van der Waals surface area contributed by atoms with Crippen LogP contribution in [0.25, 0.3) is 0 Å². The van der Waals surface area contributed by atoms with Gasteiger partial charge < -0.3 is 20.6 Å². The van der Waals surface area contributed by atoms with E-state index in [1.807, 2.05) is 0 Å². The highest BCUT2D eigenvalue weighted by Crippen LogP contribution is 2.19. The fraction of sp³-hybridized carbons (Fsp3) is 0.984. The lowest BCUT2D eigenvalue weighted by atomic mass is 10.0. The van der Waals surface area contributed by atoms with Gasteiger partial charge in [0.05, 0.1) is 31.3 Å². The van der Waals surface area contributed by atoms with Crippen molar-refractivity contribution in [1.82, 2.24) is 5.32 Å². The lowest BCUT2D eigenvalue weighted by Crippen LogP contribution is -2.46. The van der Waals surface area contributed by atoms with Crippen molar-refractivity contribution in [3.63, 3.8) is 0 Å². The van der Waals surface area contributed by atoms with Crippen molar-refractivity contribution >= 4 is 5.91 Å². The Morgan fingerprint density at radius 2 is 0.507 bits per heavy atom. The minimum Gasteiger partial charge on any atom is -0.394 e. The second-order valence-electron chi connectivity index (χ2n) is 22.0. The minimum absolute atomic E-state index is 0.0438. The topological polar surface area (TPSA) is 89.8 Å². The zero-order valence-electron chi connectivity index (χ0n) is 46.1. The van der Waals surface area contributed by atoms with Crippen LogP contribution in [0.4, 0.5) is 0 Å². The van der Waals surface area contributed by atoms with Gasteiger partial charge in [-0.1, -0.05) is 348 Å². The number of aliphatic hydroxyl groups excluding tert-OH is 3. The van der Waals surface area contributed by atoms with E-state index in [2.05, 4.69) is 19.2 Å². The summed E-state index contributed by atoms with van der Waals surface area (Å²) in [6.45, 7) is 4.32. The second-order valence-corrected chi connectivity index (χ2v) is 22.0. The highest BCUT2D eigenvalue weighted by atomic mass is 16.3. The predicted octanol–water partition coefficient (Wildman–Crippen LogP) is 19.7. The Kier molecular flexibility index (Phi) is 57.4. The summed E-state index contributed by atoms with van der Waals surface area (Å²) in [5.74, 6) is -0.273. The molecule has 5 nitrogen and oxygen atoms in total. The highest BCUT2D eigenvalue weighted by Gasteiger charge is 2.21. The Balaban J connectivity index is 3.45. The van der Waals surface area contributed by atoms with Crippen molar-refractivity contribution < 1.29 is 20.1 Å². The van der Waals surface area contributed by atoms with Crippen molar-refractivity contribution in [2.24, 2.45) is 0 Å². The summed E-state index contributed by atoms with van der Waals surface area (Å²) in [6, 6.07) is -0.655. The Morgan fingerprint density at radius 1 is 0.313 bits per heavy atom. The molecule has 67 heavy (non-hydrogen) atoms. The number of carbonyl (C=O) groups excluding carboxylic acids is 1. The molecule has 0 aliphatic rings. The van der Waals surface area contributed by atoms with Crippen LogP contribution in [0.15, 0.2) is 0 Å². The summed E-state index contributed by atoms with van der Waals surface area (Å²) in [4.78, 5) is 12.6. The van der Waals surface area contributed by atoms with E-state index in [-0.39, 0.29) is 18.9 Å². The van der Waals surface area contributed by atoms with Crippen molar-refractivity contribution in [2.75, 3.05) is 6.61 Å². The fourth-order valence-electron chi connectivity index (χ4n) is 10.4. The Hall–Kier alpha value is -0.650. The molecule has 0 aromatic carbocycles. The molecular formula is C62H125NO4. The standard InChI is InChI=1S/C62H125NO4/c1-3-5-7-9-11-13-15-17-19-21-23-25-27-28-29-30-31-32-33-34-35-37-39-41-43-45-47-49-51-53-55-59(65)57-62(67)63-60(58-64)61(66)56-54-52-50-48-46-44-42-40-38-36-26-24-22-20-18-16-14-12-10-8-6-4-2/h59-61,64-66H,3-58H2,1-2H3,(H,63,67). The second kappa shape index (κ2) is 57.9. The van der Waals surface area contributed by atoms with Crippen LogP contribution in [-0.2, 0) is 4.79 Å². The van der Waals surface area contributed by atoms with E-state index >= 15 is 0 Å². The van der Waals surface area contributed by atoms with E-state index in [1.165, 1.54) is 308 Å². The van der Waals surface area contributed by atoms with Crippen molar-refractivity contribution in [3.8, 4) is 0 Å². The van der Waals surface area contributed by atoms with Crippen LogP contribution in [0.3, 0.4) is 0 Å². The Bertz CT molecular complexity index is 914. The van der Waals surface area contributed by atoms with Crippen LogP contribution < -0.4 is 5.32 Å². The molecule has 402 valence electrons. The molecule has 0 saturated carbocycles. The first kappa shape index (κ1) is 66.3. The number of nitrogens with one attached hydrogen (secondary N) is 1. The van der Waals surface area contributed by atoms with E-state index in [1.54, 1.807) is 0 Å². The van der Waals surface area contributed by atoms with E-state index in [9.17, 15) is 20.1 Å². The third-order valence-electron chi connectivity index (χ3n) is 15.2. The summed E-state index contributed by atoms with van der Waals surface area (Å²) < 4.78 is 0. The molecular weight excluding hydrogens is 823 g/mol. The number of amides is 1. The number of hydrogen-bond donors (Lipinski definition) is 4. The first-order chi connectivity index (χ1) is 33.0.